The molecule has 2 aromatic carbocycles. The third-order valence-corrected chi connectivity index (χ3v) is 10.7. The Morgan fingerprint density at radius 1 is 0.730 bits per heavy atom. The van der Waals surface area contributed by atoms with Crippen molar-refractivity contribution in [3.05, 3.63) is 71.8 Å². The number of esters is 2. The van der Waals surface area contributed by atoms with Crippen LogP contribution in [-0.2, 0) is 60.6 Å². The van der Waals surface area contributed by atoms with E-state index in [1.54, 1.807) is 19.1 Å². The van der Waals surface area contributed by atoms with Crippen LogP contribution in [0.2, 0.25) is 0 Å². The fourth-order valence-electron chi connectivity index (χ4n) is 7.07. The molecule has 0 saturated carbocycles. The molecular weight excluding hydrogens is 807 g/mol. The largest absolute Gasteiger partial charge is 0.452 e. The zero-order chi connectivity index (χ0) is 46.4. The topological polar surface area (TPSA) is 199 Å². The summed E-state index contributed by atoms with van der Waals surface area (Å²) in [5.41, 5.74) is 0.0481. The summed E-state index contributed by atoms with van der Waals surface area (Å²) in [6, 6.07) is 14.3. The Labute approximate surface area is 372 Å². The maximum Gasteiger partial charge on any atom is 0.307 e. The second-order valence-corrected chi connectivity index (χ2v) is 17.0. The molecule has 1 saturated heterocycles. The minimum atomic E-state index is -1.66. The highest BCUT2D eigenvalue weighted by Gasteiger charge is 2.42. The highest BCUT2D eigenvalue weighted by Crippen LogP contribution is 2.23. The van der Waals surface area contributed by atoms with Crippen molar-refractivity contribution in [2.24, 2.45) is 11.8 Å². The number of terminal acetylenes is 1. The molecule has 2 aromatic rings. The van der Waals surface area contributed by atoms with Crippen LogP contribution in [0.15, 0.2) is 60.7 Å². The number of ether oxygens (including phenoxy) is 3. The highest BCUT2D eigenvalue weighted by molar-refractivity contribution is 5.98. The summed E-state index contributed by atoms with van der Waals surface area (Å²) in [4.78, 5) is 97.1. The zero-order valence-corrected chi connectivity index (χ0v) is 37.7. The average Bonchev–Trinajstić information content (AvgIpc) is 3.25. The molecule has 1 aliphatic heterocycles. The number of morpholine rings is 1. The first kappa shape index (κ1) is 51.8. The van der Waals surface area contributed by atoms with Crippen molar-refractivity contribution in [2.45, 2.75) is 123 Å². The first-order chi connectivity index (χ1) is 30.0. The number of rotatable bonds is 26. The lowest BCUT2D eigenvalue weighted by molar-refractivity contribution is -0.168. The highest BCUT2D eigenvalue weighted by atomic mass is 16.6. The van der Waals surface area contributed by atoms with Crippen LogP contribution in [0.4, 0.5) is 0 Å². The van der Waals surface area contributed by atoms with Gasteiger partial charge in [0.2, 0.25) is 23.6 Å². The molecule has 1 fully saturated rings. The van der Waals surface area contributed by atoms with E-state index >= 15 is 0 Å². The van der Waals surface area contributed by atoms with E-state index in [0.717, 1.165) is 11.1 Å². The maximum atomic E-state index is 14.4. The van der Waals surface area contributed by atoms with Gasteiger partial charge >= 0.3 is 11.9 Å². The van der Waals surface area contributed by atoms with Crippen molar-refractivity contribution >= 4 is 41.4 Å². The van der Waals surface area contributed by atoms with Gasteiger partial charge < -0.3 is 35.5 Å². The normalized spacial score (nSPS) is 15.7. The molecule has 0 bridgehead atoms. The summed E-state index contributed by atoms with van der Waals surface area (Å²) in [6.07, 6.45) is 5.79. The van der Waals surface area contributed by atoms with Crippen LogP contribution in [0.25, 0.3) is 0 Å². The van der Waals surface area contributed by atoms with Crippen LogP contribution in [0.3, 0.4) is 0 Å². The van der Waals surface area contributed by atoms with Crippen molar-refractivity contribution in [1.29, 1.82) is 0 Å². The molecule has 4 amide bonds. The Balaban J connectivity index is 1.85. The van der Waals surface area contributed by atoms with Crippen LogP contribution in [-0.4, -0.2) is 115 Å². The number of benzene rings is 2. The van der Waals surface area contributed by atoms with Gasteiger partial charge in [0.15, 0.2) is 18.0 Å². The second kappa shape index (κ2) is 26.8. The van der Waals surface area contributed by atoms with Crippen LogP contribution >= 0.6 is 0 Å². The van der Waals surface area contributed by atoms with Crippen LogP contribution < -0.4 is 21.3 Å². The summed E-state index contributed by atoms with van der Waals surface area (Å²) in [7, 11) is 0. The summed E-state index contributed by atoms with van der Waals surface area (Å²) >= 11 is 0. The van der Waals surface area contributed by atoms with Crippen LogP contribution in [0.1, 0.15) is 91.2 Å². The Morgan fingerprint density at radius 3 is 1.84 bits per heavy atom. The molecule has 63 heavy (non-hydrogen) atoms. The van der Waals surface area contributed by atoms with Gasteiger partial charge in [-0.05, 0) is 62.0 Å². The smallest absolute Gasteiger partial charge is 0.307 e. The number of nitrogens with zero attached hydrogens (tertiary/aromatic N) is 1. The third-order valence-electron chi connectivity index (χ3n) is 10.7. The Kier molecular flexibility index (Phi) is 22.0. The lowest BCUT2D eigenvalue weighted by Crippen LogP contribution is -2.60. The van der Waals surface area contributed by atoms with E-state index in [0.29, 0.717) is 32.7 Å². The van der Waals surface area contributed by atoms with Crippen LogP contribution in [0.5, 0.6) is 0 Å². The van der Waals surface area contributed by atoms with Crippen molar-refractivity contribution in [1.82, 2.24) is 26.2 Å². The maximum absolute atomic E-state index is 14.4. The van der Waals surface area contributed by atoms with E-state index in [2.05, 4.69) is 27.2 Å². The molecule has 0 unspecified atom stereocenters. The number of hydrogen-bond acceptors (Lipinski definition) is 11. The minimum absolute atomic E-state index is 0.0520. The predicted octanol–water partition coefficient (Wildman–Crippen LogP) is 3.46. The second-order valence-electron chi connectivity index (χ2n) is 17.0. The van der Waals surface area contributed by atoms with E-state index in [1.807, 2.05) is 81.1 Å². The molecule has 15 heteroatoms. The van der Waals surface area contributed by atoms with Gasteiger partial charge in [-0.1, -0.05) is 101 Å². The Hall–Kier alpha value is -5.59. The van der Waals surface area contributed by atoms with E-state index in [-0.39, 0.29) is 75.8 Å². The average molecular weight is 874 g/mol. The molecule has 0 aliphatic carbocycles. The lowest BCUT2D eigenvalue weighted by Gasteiger charge is -2.33. The number of Topliss-reactive ketones (excluding diaryl/α,β-unsaturated/α-hetero) is 1. The summed E-state index contributed by atoms with van der Waals surface area (Å²) < 4.78 is 15.9. The Morgan fingerprint density at radius 2 is 1.25 bits per heavy atom. The fraction of sp³-hybridized carbons (Fsp3) is 0.562. The number of nitrogens with one attached hydrogen (secondary N) is 4. The third kappa shape index (κ3) is 18.7. The zero-order valence-electron chi connectivity index (χ0n) is 37.7. The molecule has 344 valence electrons. The summed E-state index contributed by atoms with van der Waals surface area (Å²) in [5, 5.41) is 11.5. The monoisotopic (exact) mass is 873 g/mol. The standard InChI is InChI=1S/C48H67N5O10/c1-8-26-62-42(55)22-23-43(56)63-48(7,9-2)44(57)38(29-33(3)4)50-47(60)40(31-36-18-14-11-15-19-36)52-46(59)39(30-34(5)6)51-45(58)37(21-20-35-16-12-10-13-17-35)49-41(54)32-53-24-27-61-28-25-53/h1,10-19,33-34,37-40H,9,20-32H2,2-7H3,(H,49,54)(H,50,60)(H,51,58)(H,52,59)/t37-,38-,39-,40-,48+/m0/s1. The molecule has 1 aliphatic rings. The number of aryl methyl sites for hydroxylation is 1. The van der Waals surface area contributed by atoms with Gasteiger partial charge in [0.05, 0.1) is 38.6 Å². The summed E-state index contributed by atoms with van der Waals surface area (Å²) in [5.74, 6) is -2.13. The molecule has 0 radical (unpaired) electrons. The van der Waals surface area contributed by atoms with Crippen molar-refractivity contribution in [3.63, 3.8) is 0 Å². The number of carbonyl (C=O) groups is 7. The quantitative estimate of drug-likeness (QED) is 0.0798. The molecule has 15 nitrogen and oxygen atoms in total. The molecule has 5 atom stereocenters. The van der Waals surface area contributed by atoms with Crippen molar-refractivity contribution in [3.8, 4) is 12.3 Å². The predicted molar refractivity (Wildman–Crippen MR) is 238 cm³/mol. The van der Waals surface area contributed by atoms with E-state index in [9.17, 15) is 33.6 Å². The summed E-state index contributed by atoms with van der Waals surface area (Å²) in [6.45, 7) is 12.8. The van der Waals surface area contributed by atoms with Gasteiger partial charge in [-0.15, -0.1) is 6.42 Å². The van der Waals surface area contributed by atoms with Gasteiger partial charge in [0, 0.05) is 19.5 Å². The fourth-order valence-corrected chi connectivity index (χ4v) is 7.07. The Bertz CT molecular complexity index is 1840. The number of carbonyl (C=O) groups excluding carboxylic acids is 7. The molecular formula is C48H67N5O10. The molecule has 0 aromatic heterocycles. The first-order valence-electron chi connectivity index (χ1n) is 22.0. The van der Waals surface area contributed by atoms with Gasteiger partial charge in [0.1, 0.15) is 18.1 Å². The molecule has 0 spiro atoms. The molecule has 1 heterocycles. The van der Waals surface area contributed by atoms with Gasteiger partial charge in [-0.2, -0.15) is 0 Å². The lowest BCUT2D eigenvalue weighted by atomic mass is 9.87. The molecule has 3 rings (SSSR count). The number of hydrogen-bond donors (Lipinski definition) is 4. The van der Waals surface area contributed by atoms with E-state index in [1.165, 1.54) is 6.92 Å². The van der Waals surface area contributed by atoms with Gasteiger partial charge in [0.25, 0.3) is 0 Å². The SMILES string of the molecule is C#CCOC(=O)CCC(=O)O[C@](C)(CC)C(=O)[C@H](CC(C)C)NC(=O)[C@H](Cc1ccccc1)NC(=O)[C@H](CC(C)C)NC(=O)[C@H](CCc1ccccc1)NC(=O)CN1CCOCC1. The first-order valence-corrected chi connectivity index (χ1v) is 22.0. The van der Waals surface area contributed by atoms with E-state index < -0.39 is 65.2 Å². The minimum Gasteiger partial charge on any atom is -0.452 e. The van der Waals surface area contributed by atoms with Gasteiger partial charge in [-0.3, -0.25) is 38.5 Å². The van der Waals surface area contributed by atoms with Crippen LogP contribution in [0, 0.1) is 24.2 Å². The van der Waals surface area contributed by atoms with Crippen molar-refractivity contribution in [2.75, 3.05) is 39.5 Å². The number of ketones is 1. The molecule has 4 N–H and O–H groups in total. The van der Waals surface area contributed by atoms with Crippen molar-refractivity contribution < 1.29 is 47.8 Å². The van der Waals surface area contributed by atoms with E-state index in [4.69, 9.17) is 20.6 Å². The number of amides is 4. The van der Waals surface area contributed by atoms with Gasteiger partial charge in [-0.25, -0.2) is 0 Å².